The second kappa shape index (κ2) is 5.77. The highest BCUT2D eigenvalue weighted by Gasteiger charge is 2.42. The van der Waals surface area contributed by atoms with Crippen LogP contribution < -0.4 is 5.73 Å². The van der Waals surface area contributed by atoms with Gasteiger partial charge in [0.1, 0.15) is 13.1 Å². The third-order valence-electron chi connectivity index (χ3n) is 3.16. The first-order valence-electron chi connectivity index (χ1n) is 6.01. The van der Waals surface area contributed by atoms with Crippen molar-refractivity contribution in [2.75, 3.05) is 13.1 Å². The van der Waals surface area contributed by atoms with E-state index in [1.807, 2.05) is 0 Å². The average molecular weight is 282 g/mol. The molecule has 0 aromatic rings. The summed E-state index contributed by atoms with van der Waals surface area (Å²) in [5, 5.41) is 8.61. The monoisotopic (exact) mass is 282 g/mol. The van der Waals surface area contributed by atoms with Crippen LogP contribution in [0.25, 0.3) is 0 Å². The summed E-state index contributed by atoms with van der Waals surface area (Å²) in [5.41, 5.74) is 4.48. The molecule has 0 bridgehead atoms. The standard InChI is InChI=1S/C11H17F3N2O3/c12-11(13,14)7-16(6-8(17)18)9(19)10(15)4-2-1-3-5-10/h1-7,15H2,(H,17,18). The minimum absolute atomic E-state index is 0.285. The lowest BCUT2D eigenvalue weighted by Gasteiger charge is -2.36. The molecule has 1 rings (SSSR count). The van der Waals surface area contributed by atoms with Gasteiger partial charge >= 0.3 is 12.1 Å². The van der Waals surface area contributed by atoms with E-state index in [0.717, 1.165) is 6.42 Å². The van der Waals surface area contributed by atoms with E-state index in [2.05, 4.69) is 0 Å². The molecule has 0 heterocycles. The Labute approximate surface area is 108 Å². The molecule has 3 N–H and O–H groups in total. The van der Waals surface area contributed by atoms with Gasteiger partial charge in [0.25, 0.3) is 0 Å². The largest absolute Gasteiger partial charge is 0.480 e. The highest BCUT2D eigenvalue weighted by molar-refractivity contribution is 5.88. The third kappa shape index (κ3) is 4.70. The van der Waals surface area contributed by atoms with Crippen LogP contribution in [-0.2, 0) is 9.59 Å². The lowest BCUT2D eigenvalue weighted by molar-refractivity contribution is -0.169. The number of halogens is 3. The average Bonchev–Trinajstić information content (AvgIpc) is 2.25. The van der Waals surface area contributed by atoms with Crippen LogP contribution in [-0.4, -0.2) is 46.7 Å². The van der Waals surface area contributed by atoms with Gasteiger partial charge in [-0.2, -0.15) is 13.2 Å². The van der Waals surface area contributed by atoms with E-state index in [4.69, 9.17) is 10.8 Å². The Hall–Kier alpha value is -1.31. The first kappa shape index (κ1) is 15.7. The van der Waals surface area contributed by atoms with Gasteiger partial charge in [0.15, 0.2) is 0 Å². The summed E-state index contributed by atoms with van der Waals surface area (Å²) in [6.45, 7) is -2.58. The molecular formula is C11H17F3N2O3. The highest BCUT2D eigenvalue weighted by Crippen LogP contribution is 2.29. The van der Waals surface area contributed by atoms with Gasteiger partial charge in [-0.1, -0.05) is 19.3 Å². The first-order valence-corrected chi connectivity index (χ1v) is 6.01. The molecular weight excluding hydrogens is 265 g/mol. The molecule has 1 aliphatic carbocycles. The first-order chi connectivity index (χ1) is 8.64. The van der Waals surface area contributed by atoms with Gasteiger partial charge in [0.2, 0.25) is 5.91 Å². The van der Waals surface area contributed by atoms with Crippen LogP contribution in [0.15, 0.2) is 0 Å². The topological polar surface area (TPSA) is 83.6 Å². The fourth-order valence-electron chi connectivity index (χ4n) is 2.29. The summed E-state index contributed by atoms with van der Waals surface area (Å²) in [6.07, 6.45) is -1.86. The Morgan fingerprint density at radius 2 is 1.74 bits per heavy atom. The second-order valence-corrected chi connectivity index (χ2v) is 4.89. The summed E-state index contributed by atoms with van der Waals surface area (Å²) in [6, 6.07) is 0. The summed E-state index contributed by atoms with van der Waals surface area (Å²) in [4.78, 5) is 22.9. The number of amides is 1. The SMILES string of the molecule is NC1(C(=O)N(CC(=O)O)CC(F)(F)F)CCCCC1. The van der Waals surface area contributed by atoms with Crippen molar-refractivity contribution in [1.29, 1.82) is 0 Å². The zero-order valence-electron chi connectivity index (χ0n) is 10.4. The maximum absolute atomic E-state index is 12.4. The van der Waals surface area contributed by atoms with Crippen LogP contribution in [0.3, 0.4) is 0 Å². The van der Waals surface area contributed by atoms with Crippen molar-refractivity contribution in [2.24, 2.45) is 5.73 Å². The van der Waals surface area contributed by atoms with E-state index in [9.17, 15) is 22.8 Å². The molecule has 0 atom stereocenters. The summed E-state index contributed by atoms with van der Waals surface area (Å²) in [7, 11) is 0. The van der Waals surface area contributed by atoms with Crippen molar-refractivity contribution in [2.45, 2.75) is 43.8 Å². The lowest BCUT2D eigenvalue weighted by Crippen LogP contribution is -2.58. The van der Waals surface area contributed by atoms with Crippen molar-refractivity contribution < 1.29 is 27.9 Å². The van der Waals surface area contributed by atoms with E-state index in [1.165, 1.54) is 0 Å². The van der Waals surface area contributed by atoms with Gasteiger partial charge in [0.05, 0.1) is 5.54 Å². The Morgan fingerprint density at radius 1 is 1.21 bits per heavy atom. The predicted molar refractivity (Wildman–Crippen MR) is 60.3 cm³/mol. The number of aliphatic carboxylic acids is 1. The maximum atomic E-state index is 12.4. The molecule has 0 aromatic heterocycles. The molecule has 0 aromatic carbocycles. The normalized spacial score (nSPS) is 18.9. The van der Waals surface area contributed by atoms with Crippen molar-refractivity contribution in [3.05, 3.63) is 0 Å². The number of alkyl halides is 3. The highest BCUT2D eigenvalue weighted by atomic mass is 19.4. The van der Waals surface area contributed by atoms with Crippen molar-refractivity contribution >= 4 is 11.9 Å². The molecule has 110 valence electrons. The minimum atomic E-state index is -4.64. The van der Waals surface area contributed by atoms with Crippen molar-refractivity contribution in [1.82, 2.24) is 4.90 Å². The van der Waals surface area contributed by atoms with Crippen LogP contribution in [0.1, 0.15) is 32.1 Å². The second-order valence-electron chi connectivity index (χ2n) is 4.89. The third-order valence-corrected chi connectivity index (χ3v) is 3.16. The Kier molecular flexibility index (Phi) is 4.78. The maximum Gasteiger partial charge on any atom is 0.406 e. The van der Waals surface area contributed by atoms with E-state index < -0.39 is 36.7 Å². The molecule has 1 amide bonds. The molecule has 19 heavy (non-hydrogen) atoms. The summed E-state index contributed by atoms with van der Waals surface area (Å²) >= 11 is 0. The van der Waals surface area contributed by atoms with Gasteiger partial charge in [-0.15, -0.1) is 0 Å². The van der Waals surface area contributed by atoms with E-state index in [1.54, 1.807) is 0 Å². The summed E-state index contributed by atoms with van der Waals surface area (Å²) in [5.74, 6) is -2.41. The Morgan fingerprint density at radius 3 is 2.16 bits per heavy atom. The lowest BCUT2D eigenvalue weighted by atomic mass is 9.81. The molecule has 8 heteroatoms. The van der Waals surface area contributed by atoms with Gasteiger partial charge < -0.3 is 15.7 Å². The van der Waals surface area contributed by atoms with E-state index >= 15 is 0 Å². The van der Waals surface area contributed by atoms with Crippen LogP contribution in [0, 0.1) is 0 Å². The molecule has 0 aliphatic heterocycles. The molecule has 1 saturated carbocycles. The number of nitrogens with zero attached hydrogens (tertiary/aromatic N) is 1. The van der Waals surface area contributed by atoms with Crippen LogP contribution in [0.4, 0.5) is 13.2 Å². The molecule has 1 fully saturated rings. The number of nitrogens with two attached hydrogens (primary N) is 1. The molecule has 0 unspecified atom stereocenters. The van der Waals surface area contributed by atoms with Gasteiger partial charge in [-0.3, -0.25) is 9.59 Å². The zero-order chi connectivity index (χ0) is 14.7. The summed E-state index contributed by atoms with van der Waals surface area (Å²) < 4.78 is 37.1. The Balaban J connectivity index is 2.83. The fourth-order valence-corrected chi connectivity index (χ4v) is 2.29. The van der Waals surface area contributed by atoms with Gasteiger partial charge in [-0.25, -0.2) is 0 Å². The number of carbonyl (C=O) groups excluding carboxylic acids is 1. The molecule has 1 aliphatic rings. The smallest absolute Gasteiger partial charge is 0.406 e. The van der Waals surface area contributed by atoms with Gasteiger partial charge in [0, 0.05) is 0 Å². The molecule has 0 saturated heterocycles. The van der Waals surface area contributed by atoms with Crippen LogP contribution in [0.2, 0.25) is 0 Å². The van der Waals surface area contributed by atoms with Gasteiger partial charge in [-0.05, 0) is 12.8 Å². The number of rotatable bonds is 4. The molecule has 5 nitrogen and oxygen atoms in total. The van der Waals surface area contributed by atoms with Crippen LogP contribution >= 0.6 is 0 Å². The number of hydrogen-bond donors (Lipinski definition) is 2. The molecule has 0 radical (unpaired) electrons. The predicted octanol–water partition coefficient (Wildman–Crippen LogP) is 1.12. The molecule has 0 spiro atoms. The number of carboxylic acids is 1. The van der Waals surface area contributed by atoms with Crippen molar-refractivity contribution in [3.63, 3.8) is 0 Å². The van der Waals surface area contributed by atoms with Crippen molar-refractivity contribution in [3.8, 4) is 0 Å². The Bertz CT molecular complexity index is 352. The van der Waals surface area contributed by atoms with E-state index in [0.29, 0.717) is 25.7 Å². The number of hydrogen-bond acceptors (Lipinski definition) is 3. The fraction of sp³-hybridized carbons (Fsp3) is 0.818. The zero-order valence-corrected chi connectivity index (χ0v) is 10.4. The quantitative estimate of drug-likeness (QED) is 0.809. The minimum Gasteiger partial charge on any atom is -0.480 e. The van der Waals surface area contributed by atoms with E-state index in [-0.39, 0.29) is 4.90 Å². The number of carbonyl (C=O) groups is 2. The number of carboxylic acid groups (broad SMARTS) is 1. The van der Waals surface area contributed by atoms with Crippen LogP contribution in [0.5, 0.6) is 0 Å².